The summed E-state index contributed by atoms with van der Waals surface area (Å²) in [4.78, 5) is 33.2. The largest absolute Gasteiger partial charge is 0.464 e. The van der Waals surface area contributed by atoms with Gasteiger partial charge in [-0.05, 0) is 56.5 Å². The Balaban J connectivity index is 1.99. The van der Waals surface area contributed by atoms with Gasteiger partial charge in [0.2, 0.25) is 0 Å². The minimum atomic E-state index is -1.18. The smallest absolute Gasteiger partial charge is 0.331 e. The number of nitrogens with zero attached hydrogens (tertiary/aromatic N) is 2. The minimum Gasteiger partial charge on any atom is -0.464 e. The Bertz CT molecular complexity index is 1360. The van der Waals surface area contributed by atoms with Gasteiger partial charge in [0.1, 0.15) is 16.2 Å². The van der Waals surface area contributed by atoms with E-state index in [2.05, 4.69) is 18.2 Å². The Morgan fingerprint density at radius 1 is 1.13 bits per heavy atom. The fourth-order valence-corrected chi connectivity index (χ4v) is 5.09. The molecule has 2 heterocycles. The SMILES string of the molecule is CCOC(=O)C(C)(C)n1c(Cc2cccc3ccccc23)nc2sc(C)c(C)c2c1=O. The molecule has 31 heavy (non-hydrogen) atoms. The number of esters is 1. The van der Waals surface area contributed by atoms with E-state index < -0.39 is 11.5 Å². The van der Waals surface area contributed by atoms with Crippen LogP contribution in [0.25, 0.3) is 21.0 Å². The number of hydrogen-bond acceptors (Lipinski definition) is 5. The molecule has 0 spiro atoms. The Morgan fingerprint density at radius 2 is 1.84 bits per heavy atom. The predicted octanol–water partition coefficient (Wildman–Crippen LogP) is 5.12. The molecule has 0 atom stereocenters. The van der Waals surface area contributed by atoms with Gasteiger partial charge in [-0.2, -0.15) is 0 Å². The molecule has 0 N–H and O–H groups in total. The molecular weight excluding hydrogens is 408 g/mol. The lowest BCUT2D eigenvalue weighted by Gasteiger charge is -2.28. The second-order valence-corrected chi connectivity index (χ2v) is 9.43. The first-order chi connectivity index (χ1) is 14.8. The predicted molar refractivity (Wildman–Crippen MR) is 126 cm³/mol. The molecule has 0 unspecified atom stereocenters. The average molecular weight is 435 g/mol. The van der Waals surface area contributed by atoms with Crippen LogP contribution < -0.4 is 5.56 Å². The summed E-state index contributed by atoms with van der Waals surface area (Å²) in [6.45, 7) is 9.39. The first-order valence-electron chi connectivity index (χ1n) is 10.4. The molecule has 0 fully saturated rings. The third-order valence-corrected chi connectivity index (χ3v) is 6.94. The Kier molecular flexibility index (Phi) is 5.43. The van der Waals surface area contributed by atoms with E-state index in [1.54, 1.807) is 20.8 Å². The monoisotopic (exact) mass is 434 g/mol. The van der Waals surface area contributed by atoms with Crippen molar-refractivity contribution in [1.29, 1.82) is 0 Å². The highest BCUT2D eigenvalue weighted by Gasteiger charge is 2.36. The highest BCUT2D eigenvalue weighted by atomic mass is 32.1. The van der Waals surface area contributed by atoms with E-state index in [4.69, 9.17) is 9.72 Å². The van der Waals surface area contributed by atoms with Crippen molar-refractivity contribution in [3.8, 4) is 0 Å². The molecule has 4 rings (SSSR count). The zero-order valence-corrected chi connectivity index (χ0v) is 19.3. The Morgan fingerprint density at radius 3 is 2.58 bits per heavy atom. The molecule has 2 aromatic heterocycles. The van der Waals surface area contributed by atoms with Crippen LogP contribution in [0.5, 0.6) is 0 Å². The molecule has 0 radical (unpaired) electrons. The van der Waals surface area contributed by atoms with Crippen LogP contribution in [0.2, 0.25) is 0 Å². The highest BCUT2D eigenvalue weighted by Crippen LogP contribution is 2.30. The van der Waals surface area contributed by atoms with Gasteiger partial charge < -0.3 is 4.74 Å². The second kappa shape index (κ2) is 7.93. The third-order valence-electron chi connectivity index (χ3n) is 5.83. The quantitative estimate of drug-likeness (QED) is 0.409. The lowest BCUT2D eigenvalue weighted by Crippen LogP contribution is -2.46. The van der Waals surface area contributed by atoms with Gasteiger partial charge in [-0.3, -0.25) is 9.36 Å². The van der Waals surface area contributed by atoms with E-state index in [0.717, 1.165) is 26.8 Å². The van der Waals surface area contributed by atoms with Gasteiger partial charge in [0.05, 0.1) is 12.0 Å². The van der Waals surface area contributed by atoms with Crippen molar-refractivity contribution in [2.75, 3.05) is 6.61 Å². The highest BCUT2D eigenvalue weighted by molar-refractivity contribution is 7.18. The molecule has 0 aliphatic heterocycles. The van der Waals surface area contributed by atoms with E-state index in [-0.39, 0.29) is 12.2 Å². The van der Waals surface area contributed by atoms with Gasteiger partial charge in [0.25, 0.3) is 5.56 Å². The minimum absolute atomic E-state index is 0.194. The Labute approximate surface area is 185 Å². The number of ether oxygens (including phenoxy) is 1. The van der Waals surface area contributed by atoms with Crippen molar-refractivity contribution < 1.29 is 9.53 Å². The van der Waals surface area contributed by atoms with Gasteiger partial charge in [-0.15, -0.1) is 11.3 Å². The van der Waals surface area contributed by atoms with Crippen molar-refractivity contribution in [1.82, 2.24) is 9.55 Å². The van der Waals surface area contributed by atoms with E-state index in [0.29, 0.717) is 22.5 Å². The number of thiophene rings is 1. The molecule has 0 aliphatic carbocycles. The van der Waals surface area contributed by atoms with Crippen molar-refractivity contribution in [3.05, 3.63) is 74.6 Å². The Hall–Kier alpha value is -2.99. The molecule has 0 aliphatic rings. The number of aromatic nitrogens is 2. The summed E-state index contributed by atoms with van der Waals surface area (Å²) in [5, 5.41) is 2.82. The van der Waals surface area contributed by atoms with Crippen molar-refractivity contribution in [3.63, 3.8) is 0 Å². The normalized spacial score (nSPS) is 11.9. The summed E-state index contributed by atoms with van der Waals surface area (Å²) in [6, 6.07) is 14.3. The van der Waals surface area contributed by atoms with Gasteiger partial charge in [0, 0.05) is 11.3 Å². The van der Waals surface area contributed by atoms with E-state index >= 15 is 0 Å². The van der Waals surface area contributed by atoms with Crippen LogP contribution in [-0.4, -0.2) is 22.1 Å². The van der Waals surface area contributed by atoms with Crippen LogP contribution >= 0.6 is 11.3 Å². The molecule has 2 aromatic carbocycles. The summed E-state index contributed by atoms with van der Waals surface area (Å²) in [7, 11) is 0. The zero-order valence-electron chi connectivity index (χ0n) is 18.5. The van der Waals surface area contributed by atoms with Gasteiger partial charge in [-0.25, -0.2) is 9.78 Å². The number of fused-ring (bicyclic) bond motifs is 2. The van der Waals surface area contributed by atoms with E-state index in [1.807, 2.05) is 38.1 Å². The van der Waals surface area contributed by atoms with Crippen molar-refractivity contribution in [2.24, 2.45) is 0 Å². The maximum atomic E-state index is 13.7. The summed E-state index contributed by atoms with van der Waals surface area (Å²) in [5.41, 5.74) is 0.599. The summed E-state index contributed by atoms with van der Waals surface area (Å²) < 4.78 is 6.85. The number of carbonyl (C=O) groups is 1. The van der Waals surface area contributed by atoms with E-state index in [1.165, 1.54) is 15.9 Å². The molecular formula is C25H26N2O3S. The fourth-order valence-electron chi connectivity index (χ4n) is 4.05. The zero-order chi connectivity index (χ0) is 22.3. The van der Waals surface area contributed by atoms with Gasteiger partial charge >= 0.3 is 5.97 Å². The van der Waals surface area contributed by atoms with Crippen molar-refractivity contribution >= 4 is 38.3 Å². The third kappa shape index (κ3) is 3.55. The first kappa shape index (κ1) is 21.2. The van der Waals surface area contributed by atoms with Gasteiger partial charge in [0.15, 0.2) is 0 Å². The number of hydrogen-bond donors (Lipinski definition) is 0. The second-order valence-electron chi connectivity index (χ2n) is 8.23. The fraction of sp³-hybridized carbons (Fsp3) is 0.320. The summed E-state index contributed by atoms with van der Waals surface area (Å²) in [6.07, 6.45) is 0.436. The van der Waals surface area contributed by atoms with Crippen molar-refractivity contribution in [2.45, 2.75) is 46.6 Å². The number of aryl methyl sites for hydroxylation is 2. The molecule has 4 aromatic rings. The lowest BCUT2D eigenvalue weighted by atomic mass is 10.00. The average Bonchev–Trinajstić information content (AvgIpc) is 3.02. The maximum absolute atomic E-state index is 13.7. The van der Waals surface area contributed by atoms with E-state index in [9.17, 15) is 9.59 Å². The number of rotatable bonds is 5. The van der Waals surface area contributed by atoms with Crippen LogP contribution in [0.3, 0.4) is 0 Å². The first-order valence-corrected chi connectivity index (χ1v) is 11.2. The summed E-state index contributed by atoms with van der Waals surface area (Å²) in [5.74, 6) is 0.121. The van der Waals surface area contributed by atoms with Crippen LogP contribution in [0.15, 0.2) is 47.3 Å². The molecule has 5 nitrogen and oxygen atoms in total. The molecule has 0 saturated heterocycles. The summed E-state index contributed by atoms with van der Waals surface area (Å²) >= 11 is 1.52. The standard InChI is InChI=1S/C25H26N2O3S/c1-6-30-24(29)25(4,5)27-20(26-22-21(23(27)28)15(2)16(3)31-22)14-18-12-9-11-17-10-7-8-13-19(17)18/h7-13H,6,14H2,1-5H3. The van der Waals surface area contributed by atoms with Crippen LogP contribution in [-0.2, 0) is 21.5 Å². The molecule has 6 heteroatoms. The van der Waals surface area contributed by atoms with Crippen LogP contribution in [0.4, 0.5) is 0 Å². The van der Waals surface area contributed by atoms with Crippen LogP contribution in [0, 0.1) is 13.8 Å². The molecule has 160 valence electrons. The molecule has 0 amide bonds. The maximum Gasteiger partial charge on any atom is 0.331 e. The van der Waals surface area contributed by atoms with Crippen LogP contribution in [0.1, 0.15) is 42.6 Å². The number of carbonyl (C=O) groups excluding carboxylic acids is 1. The molecule has 0 bridgehead atoms. The van der Waals surface area contributed by atoms with Gasteiger partial charge in [-0.1, -0.05) is 42.5 Å². The topological polar surface area (TPSA) is 61.2 Å². The lowest BCUT2D eigenvalue weighted by molar-refractivity contribution is -0.152. The number of benzene rings is 2. The molecule has 0 saturated carbocycles.